The molecule has 1 aromatic rings. The summed E-state index contributed by atoms with van der Waals surface area (Å²) < 4.78 is 0. The van der Waals surface area contributed by atoms with Gasteiger partial charge in [0.15, 0.2) is 11.6 Å². The minimum Gasteiger partial charge on any atom is -0.511 e. The van der Waals surface area contributed by atoms with E-state index in [9.17, 15) is 29.7 Å². The molecule has 1 fully saturated rings. The lowest BCUT2D eigenvalue weighted by Gasteiger charge is -2.41. The summed E-state index contributed by atoms with van der Waals surface area (Å²) in [6.45, 7) is 4.28. The van der Waals surface area contributed by atoms with Crippen molar-refractivity contribution in [3.8, 4) is 5.75 Å². The van der Waals surface area contributed by atoms with E-state index in [-0.39, 0.29) is 35.0 Å². The molecule has 3 aliphatic rings. The topological polar surface area (TPSA) is 141 Å². The second-order valence-corrected chi connectivity index (χ2v) is 10.7. The lowest BCUT2D eigenvalue weighted by atomic mass is 9.61. The molecule has 0 radical (unpaired) electrons. The second-order valence-electron chi connectivity index (χ2n) is 10.7. The van der Waals surface area contributed by atoms with E-state index in [0.717, 1.165) is 24.1 Å². The molecule has 0 bridgehead atoms. The van der Waals surface area contributed by atoms with Crippen molar-refractivity contribution in [2.45, 2.75) is 52.4 Å². The molecule has 1 saturated carbocycles. The quantitative estimate of drug-likeness (QED) is 0.456. The number of aryl methyl sites for hydroxylation is 1. The number of nitrogens with two attached hydrogens (primary N) is 1. The van der Waals surface area contributed by atoms with E-state index in [1.54, 1.807) is 0 Å². The van der Waals surface area contributed by atoms with Crippen LogP contribution in [0, 0.1) is 23.7 Å². The van der Waals surface area contributed by atoms with Crippen LogP contribution in [0.3, 0.4) is 0 Å². The summed E-state index contributed by atoms with van der Waals surface area (Å²) in [5.41, 5.74) is 7.51. The van der Waals surface area contributed by atoms with Crippen LogP contribution < -0.4 is 10.6 Å². The van der Waals surface area contributed by atoms with Gasteiger partial charge < -0.3 is 26.0 Å². The molecule has 3 atom stereocenters. The number of aromatic hydroxyl groups is 1. The number of carbonyl (C=O) groups is 3. The van der Waals surface area contributed by atoms with Gasteiger partial charge in [0.05, 0.1) is 11.5 Å². The van der Waals surface area contributed by atoms with Crippen LogP contribution in [0.5, 0.6) is 5.75 Å². The van der Waals surface area contributed by atoms with Crippen molar-refractivity contribution < 1.29 is 29.7 Å². The maximum atomic E-state index is 13.6. The number of anilines is 1. The molecular weight excluding hydrogens is 448 g/mol. The Balaban J connectivity index is 1.84. The number of allylic oxidation sites excluding steroid dienone is 2. The van der Waals surface area contributed by atoms with Crippen LogP contribution in [-0.2, 0) is 27.2 Å². The number of phenolic OH excluding ortho intramolecular Hbond substituents is 1. The maximum absolute atomic E-state index is 13.6. The molecule has 35 heavy (non-hydrogen) atoms. The van der Waals surface area contributed by atoms with E-state index < -0.39 is 40.6 Å². The molecule has 0 heterocycles. The van der Waals surface area contributed by atoms with E-state index in [0.29, 0.717) is 30.7 Å². The van der Waals surface area contributed by atoms with Crippen LogP contribution in [0.25, 0.3) is 5.76 Å². The first-order valence-corrected chi connectivity index (χ1v) is 12.2. The zero-order valence-electron chi connectivity index (χ0n) is 20.7. The molecule has 8 heteroatoms. The number of amides is 1. The van der Waals surface area contributed by atoms with E-state index >= 15 is 0 Å². The first-order valence-electron chi connectivity index (χ1n) is 12.2. The number of nitrogens with zero attached hydrogens (tertiary/aromatic N) is 1. The molecule has 3 aliphatic carbocycles. The molecule has 0 aliphatic heterocycles. The van der Waals surface area contributed by atoms with Crippen LogP contribution in [0.2, 0.25) is 0 Å². The van der Waals surface area contributed by atoms with E-state index in [1.807, 2.05) is 25.1 Å². The highest BCUT2D eigenvalue weighted by atomic mass is 16.3. The number of fused-ring (bicyclic) bond motifs is 3. The zero-order valence-corrected chi connectivity index (χ0v) is 20.7. The average molecular weight is 483 g/mol. The van der Waals surface area contributed by atoms with Gasteiger partial charge in [0.1, 0.15) is 22.8 Å². The van der Waals surface area contributed by atoms with Gasteiger partial charge >= 0.3 is 0 Å². The van der Waals surface area contributed by atoms with Gasteiger partial charge in [-0.15, -0.1) is 0 Å². The largest absolute Gasteiger partial charge is 0.511 e. The Hall–Kier alpha value is -3.29. The molecule has 0 spiro atoms. The third kappa shape index (κ3) is 4.09. The number of hydrogen-bond donors (Lipinski definition) is 4. The van der Waals surface area contributed by atoms with Crippen LogP contribution >= 0.6 is 0 Å². The fraction of sp³-hybridized carbons (Fsp3) is 0.519. The van der Waals surface area contributed by atoms with Gasteiger partial charge in [-0.2, -0.15) is 0 Å². The predicted octanol–water partition coefficient (Wildman–Crippen LogP) is 3.35. The van der Waals surface area contributed by atoms with Gasteiger partial charge in [-0.3, -0.25) is 14.4 Å². The molecule has 188 valence electrons. The van der Waals surface area contributed by atoms with Crippen LogP contribution in [0.4, 0.5) is 5.69 Å². The average Bonchev–Trinajstić information content (AvgIpc) is 2.73. The van der Waals surface area contributed by atoms with Gasteiger partial charge in [0.25, 0.3) is 5.91 Å². The first kappa shape index (κ1) is 24.8. The van der Waals surface area contributed by atoms with Gasteiger partial charge in [-0.1, -0.05) is 20.3 Å². The fourth-order valence-corrected chi connectivity index (χ4v) is 6.03. The minimum absolute atomic E-state index is 0.0239. The number of aliphatic hydroxyl groups is 2. The van der Waals surface area contributed by atoms with Crippen molar-refractivity contribution in [1.29, 1.82) is 0 Å². The van der Waals surface area contributed by atoms with Crippen molar-refractivity contribution in [2.75, 3.05) is 19.0 Å². The molecule has 0 aromatic heterocycles. The number of benzene rings is 1. The van der Waals surface area contributed by atoms with Gasteiger partial charge in [0.2, 0.25) is 0 Å². The Kier molecular flexibility index (Phi) is 6.42. The van der Waals surface area contributed by atoms with Crippen LogP contribution in [0.15, 0.2) is 23.0 Å². The summed E-state index contributed by atoms with van der Waals surface area (Å²) in [6, 6.07) is 1.96. The molecule has 5 N–H and O–H groups in total. The second kappa shape index (κ2) is 9.06. The third-order valence-electron chi connectivity index (χ3n) is 7.65. The Bertz CT molecular complexity index is 1180. The Morgan fingerprint density at radius 3 is 2.46 bits per heavy atom. The number of phenols is 1. The summed E-state index contributed by atoms with van der Waals surface area (Å²) in [7, 11) is 3.80. The summed E-state index contributed by atoms with van der Waals surface area (Å²) in [5.74, 6) is -4.47. The van der Waals surface area contributed by atoms with Crippen LogP contribution in [0.1, 0.15) is 56.2 Å². The normalized spacial score (nSPS) is 23.9. The third-order valence-corrected chi connectivity index (χ3v) is 7.65. The van der Waals surface area contributed by atoms with Crippen molar-refractivity contribution in [3.63, 3.8) is 0 Å². The summed E-state index contributed by atoms with van der Waals surface area (Å²) in [4.78, 5) is 39.7. The fourth-order valence-electron chi connectivity index (χ4n) is 6.03. The molecule has 3 unspecified atom stereocenters. The smallest absolute Gasteiger partial charge is 0.255 e. The number of rotatable bonds is 6. The Morgan fingerprint density at radius 2 is 1.86 bits per heavy atom. The molecule has 8 nitrogen and oxygen atoms in total. The number of ketones is 2. The van der Waals surface area contributed by atoms with Crippen molar-refractivity contribution >= 4 is 28.9 Å². The molecule has 1 aromatic carbocycles. The van der Waals surface area contributed by atoms with E-state index in [1.165, 1.54) is 0 Å². The predicted molar refractivity (Wildman–Crippen MR) is 132 cm³/mol. The minimum atomic E-state index is -1.10. The highest BCUT2D eigenvalue weighted by Gasteiger charge is 2.51. The highest BCUT2D eigenvalue weighted by Crippen LogP contribution is 2.52. The number of Topliss-reactive ketones (excluding diaryl/α,β-unsaturated/α-hetero) is 2. The van der Waals surface area contributed by atoms with Gasteiger partial charge in [0, 0.05) is 31.8 Å². The monoisotopic (exact) mass is 482 g/mol. The first-order chi connectivity index (χ1) is 16.4. The number of aliphatic hydroxyl groups excluding tert-OH is 2. The van der Waals surface area contributed by atoms with Gasteiger partial charge in [-0.05, 0) is 60.6 Å². The van der Waals surface area contributed by atoms with Crippen molar-refractivity contribution in [2.24, 2.45) is 29.4 Å². The maximum Gasteiger partial charge on any atom is 0.255 e. The van der Waals surface area contributed by atoms with Gasteiger partial charge in [-0.25, -0.2) is 0 Å². The number of carbonyl (C=O) groups excluding carboxylic acids is 3. The number of primary amides is 1. The zero-order chi connectivity index (χ0) is 25.8. The molecule has 0 saturated heterocycles. The standard InChI is InChI=1S/C27H34N2O6/c1-12(2)6-5-7-13-10-17(29(3)4)16-9-14-8-15-11-18(30)22(27(28)35)26(34)20(15)24(32)19(14)25(33)21(16)23(13)31/h10,12,14-15,20,31,33-34H,5-9,11H2,1-4H3,(H2,28,35). The lowest BCUT2D eigenvalue weighted by Crippen LogP contribution is -2.44. The summed E-state index contributed by atoms with van der Waals surface area (Å²) >= 11 is 0. The number of hydrogen-bond acceptors (Lipinski definition) is 7. The summed E-state index contributed by atoms with van der Waals surface area (Å²) in [5, 5.41) is 33.3. The van der Waals surface area contributed by atoms with Crippen molar-refractivity contribution in [1.82, 2.24) is 0 Å². The Morgan fingerprint density at radius 1 is 1.17 bits per heavy atom. The van der Waals surface area contributed by atoms with Crippen molar-refractivity contribution in [3.05, 3.63) is 39.7 Å². The molecule has 4 rings (SSSR count). The van der Waals surface area contributed by atoms with Crippen LogP contribution in [-0.4, -0.2) is 46.9 Å². The van der Waals surface area contributed by atoms with E-state index in [2.05, 4.69) is 13.8 Å². The highest BCUT2D eigenvalue weighted by molar-refractivity contribution is 6.21. The summed E-state index contributed by atoms with van der Waals surface area (Å²) in [6.07, 6.45) is 3.26. The molecular formula is C27H34N2O6. The Labute approximate surface area is 205 Å². The molecule has 1 amide bonds. The lowest BCUT2D eigenvalue weighted by molar-refractivity contribution is -0.127. The SMILES string of the molecule is CC(C)CCCc1cc(N(C)C)c2c(c1O)C(O)=C1C(=O)C3C(O)=C(C(N)=O)C(=O)CC3CC1C2. The van der Waals surface area contributed by atoms with E-state index in [4.69, 9.17) is 5.73 Å².